The Morgan fingerprint density at radius 3 is 0.690 bits per heavy atom. The predicted octanol–water partition coefficient (Wildman–Crippen LogP) is 4.14. The topological polar surface area (TPSA) is 0 Å². The fourth-order valence-electron chi connectivity index (χ4n) is 5.09. The Morgan fingerprint density at radius 2 is 0.524 bits per heavy atom. The molecule has 0 radical (unpaired) electrons. The van der Waals surface area contributed by atoms with Crippen molar-refractivity contribution in [1.82, 2.24) is 0 Å². The van der Waals surface area contributed by atoms with Crippen LogP contribution >= 0.6 is 0 Å². The van der Waals surface area contributed by atoms with Gasteiger partial charge in [0.05, 0.1) is 22.3 Å². The van der Waals surface area contributed by atoms with Crippen molar-refractivity contribution in [3.05, 3.63) is 119 Å². The standard InChI is InChI=1S/C28H16BF12.Na/c30-25(31,32)17-5-1-9-21(13-17)29(22-10-2-6-18(14-22)26(33,34)35,23-11-3-7-19(15-23)27(36,37)38)24-12-4-8-20(16-24)28(39,40)41;/h1-16H;/q-1;+1. The van der Waals surface area contributed by atoms with E-state index in [0.717, 1.165) is 48.5 Å². The van der Waals surface area contributed by atoms with Crippen LogP contribution in [0.4, 0.5) is 52.7 Å². The molecule has 0 aliphatic rings. The minimum atomic E-state index is -4.99. The van der Waals surface area contributed by atoms with Gasteiger partial charge in [0.2, 0.25) is 0 Å². The van der Waals surface area contributed by atoms with Crippen molar-refractivity contribution in [2.75, 3.05) is 0 Å². The van der Waals surface area contributed by atoms with Gasteiger partial charge in [-0.15, -0.1) is 0 Å². The Labute approximate surface area is 253 Å². The van der Waals surface area contributed by atoms with E-state index in [1.807, 2.05) is 0 Å². The minimum absolute atomic E-state index is 0. The zero-order valence-corrected chi connectivity index (χ0v) is 23.4. The molecule has 0 N–H and O–H groups in total. The minimum Gasteiger partial charge on any atom is -0.195 e. The summed E-state index contributed by atoms with van der Waals surface area (Å²) in [6.07, 6.45) is -23.5. The molecule has 4 rings (SSSR count). The molecule has 0 saturated heterocycles. The van der Waals surface area contributed by atoms with Crippen LogP contribution in [0, 0.1) is 0 Å². The molecular formula is C28H16BF12Na. The van der Waals surface area contributed by atoms with E-state index in [9.17, 15) is 52.7 Å². The largest absolute Gasteiger partial charge is 1.00 e. The van der Waals surface area contributed by atoms with E-state index in [1.54, 1.807) is 0 Å². The van der Waals surface area contributed by atoms with Gasteiger partial charge in [-0.25, -0.2) is 0 Å². The number of hydrogen-bond acceptors (Lipinski definition) is 0. The van der Waals surface area contributed by atoms with Crippen LogP contribution in [0.2, 0.25) is 0 Å². The van der Waals surface area contributed by atoms with E-state index < -0.39 is 75.0 Å². The maximum absolute atomic E-state index is 13.8. The Balaban J connectivity index is 0.00000484. The van der Waals surface area contributed by atoms with Gasteiger partial charge >= 0.3 is 54.3 Å². The molecule has 216 valence electrons. The first-order valence-corrected chi connectivity index (χ1v) is 11.7. The summed E-state index contributed by atoms with van der Waals surface area (Å²) in [5.41, 5.74) is -6.98. The molecule has 42 heavy (non-hydrogen) atoms. The van der Waals surface area contributed by atoms with Crippen LogP contribution in [0.3, 0.4) is 0 Å². The van der Waals surface area contributed by atoms with Gasteiger partial charge in [-0.3, -0.25) is 0 Å². The third-order valence-electron chi connectivity index (χ3n) is 6.86. The molecule has 0 unspecified atom stereocenters. The van der Waals surface area contributed by atoms with E-state index in [-0.39, 0.29) is 29.6 Å². The van der Waals surface area contributed by atoms with E-state index in [0.29, 0.717) is 48.5 Å². The zero-order valence-electron chi connectivity index (χ0n) is 21.4. The van der Waals surface area contributed by atoms with Crippen molar-refractivity contribution in [1.29, 1.82) is 0 Å². The van der Waals surface area contributed by atoms with Crippen molar-refractivity contribution in [3.8, 4) is 0 Å². The van der Waals surface area contributed by atoms with E-state index in [1.165, 1.54) is 0 Å². The number of hydrogen-bond donors (Lipinski definition) is 0. The van der Waals surface area contributed by atoms with Crippen LogP contribution in [0.1, 0.15) is 22.3 Å². The van der Waals surface area contributed by atoms with E-state index >= 15 is 0 Å². The molecule has 4 aromatic rings. The molecule has 0 heterocycles. The number of rotatable bonds is 4. The summed E-state index contributed by atoms with van der Waals surface area (Å²) in [6.45, 7) is 0. The van der Waals surface area contributed by atoms with Gasteiger partial charge in [-0.05, 0) is 0 Å². The van der Waals surface area contributed by atoms with Gasteiger partial charge in [-0.2, -0.15) is 74.5 Å². The van der Waals surface area contributed by atoms with Crippen molar-refractivity contribution >= 4 is 28.0 Å². The summed E-state index contributed by atoms with van der Waals surface area (Å²) in [4.78, 5) is 0. The fraction of sp³-hybridized carbons (Fsp3) is 0.143. The monoisotopic (exact) mass is 614 g/mol. The molecule has 0 aliphatic heterocycles. The summed E-state index contributed by atoms with van der Waals surface area (Å²) in [6, 6.07) is 12.4. The molecule has 0 amide bonds. The molecule has 0 aliphatic carbocycles. The van der Waals surface area contributed by atoms with Crippen molar-refractivity contribution in [2.24, 2.45) is 0 Å². The number of alkyl halides is 12. The Kier molecular flexibility index (Phi) is 9.32. The van der Waals surface area contributed by atoms with Crippen molar-refractivity contribution in [2.45, 2.75) is 24.7 Å². The quantitative estimate of drug-likeness (QED) is 0.240. The summed E-state index contributed by atoms with van der Waals surface area (Å²) in [7, 11) is 0. The first-order valence-electron chi connectivity index (χ1n) is 11.7. The van der Waals surface area contributed by atoms with E-state index in [2.05, 4.69) is 0 Å². The number of benzene rings is 4. The molecule has 14 heteroatoms. The second-order valence-electron chi connectivity index (χ2n) is 9.36. The number of halogens is 12. The first-order chi connectivity index (χ1) is 18.8. The van der Waals surface area contributed by atoms with Crippen molar-refractivity contribution < 1.29 is 82.2 Å². The molecule has 0 aromatic heterocycles. The van der Waals surface area contributed by atoms with E-state index in [4.69, 9.17) is 0 Å². The average Bonchev–Trinajstić information content (AvgIpc) is 2.88. The van der Waals surface area contributed by atoms with Crippen LogP contribution in [0.25, 0.3) is 0 Å². The maximum Gasteiger partial charge on any atom is 1.00 e. The van der Waals surface area contributed by atoms with Crippen LogP contribution in [-0.2, 0) is 24.7 Å². The Bertz CT molecular complexity index is 1320. The summed E-state index contributed by atoms with van der Waals surface area (Å²) < 4.78 is 165. The summed E-state index contributed by atoms with van der Waals surface area (Å²) >= 11 is 0. The molecule has 0 saturated carbocycles. The molecule has 0 atom stereocenters. The van der Waals surface area contributed by atoms with Gasteiger partial charge in [0.1, 0.15) is 6.15 Å². The maximum atomic E-state index is 13.8. The Hall–Kier alpha value is -2.90. The van der Waals surface area contributed by atoms with Gasteiger partial charge in [0, 0.05) is 0 Å². The molecule has 0 nitrogen and oxygen atoms in total. The zero-order chi connectivity index (χ0) is 30.4. The predicted molar refractivity (Wildman–Crippen MR) is 130 cm³/mol. The molecule has 0 fully saturated rings. The first kappa shape index (κ1) is 33.6. The van der Waals surface area contributed by atoms with Crippen LogP contribution < -0.4 is 51.4 Å². The normalized spacial score (nSPS) is 13.0. The molecule has 4 aromatic carbocycles. The molecular weight excluding hydrogens is 598 g/mol. The Morgan fingerprint density at radius 1 is 0.333 bits per heavy atom. The SMILES string of the molecule is FC(F)(F)c1cccc([B-](c2cccc(C(F)(F)F)c2)(c2cccc(C(F)(F)F)c2)c2cccc(C(F)(F)F)c2)c1.[Na+]. The van der Waals surface area contributed by atoms with Gasteiger partial charge in [0.25, 0.3) is 0 Å². The van der Waals surface area contributed by atoms with Crippen molar-refractivity contribution in [3.63, 3.8) is 0 Å². The summed E-state index contributed by atoms with van der Waals surface area (Å²) in [5.74, 6) is 0. The average molecular weight is 614 g/mol. The smallest absolute Gasteiger partial charge is 0.195 e. The van der Waals surface area contributed by atoms with Crippen LogP contribution in [-0.4, -0.2) is 6.15 Å². The molecule has 0 bridgehead atoms. The fourth-order valence-corrected chi connectivity index (χ4v) is 5.09. The van der Waals surface area contributed by atoms with Gasteiger partial charge in [-0.1, -0.05) is 97.1 Å². The van der Waals surface area contributed by atoms with Gasteiger partial charge < -0.3 is 0 Å². The molecule has 0 spiro atoms. The third kappa shape index (κ3) is 6.68. The third-order valence-corrected chi connectivity index (χ3v) is 6.86. The van der Waals surface area contributed by atoms with Crippen LogP contribution in [0.15, 0.2) is 97.1 Å². The summed E-state index contributed by atoms with van der Waals surface area (Å²) in [5, 5.41) is 0. The second-order valence-corrected chi connectivity index (χ2v) is 9.36. The second kappa shape index (κ2) is 11.7. The van der Waals surface area contributed by atoms with Crippen LogP contribution in [0.5, 0.6) is 0 Å². The van der Waals surface area contributed by atoms with Gasteiger partial charge in [0.15, 0.2) is 0 Å².